The summed E-state index contributed by atoms with van der Waals surface area (Å²) in [6.07, 6.45) is 0.486. The molecule has 0 aliphatic rings. The highest BCUT2D eigenvalue weighted by Gasteiger charge is 2.10. The number of carbonyl (C=O) groups is 2. The Morgan fingerprint density at radius 1 is 0.705 bits per heavy atom. The number of alkyl halides is 1. The van der Waals surface area contributed by atoms with Crippen LogP contribution in [0.15, 0.2) is 85.5 Å². The quantitative estimate of drug-likeness (QED) is 0.0428. The molecule has 0 amide bonds. The number of rotatable bonds is 21. The monoisotopic (exact) mass is 628 g/mol. The zero-order valence-electron chi connectivity index (χ0n) is 24.4. The van der Waals surface area contributed by atoms with Gasteiger partial charge < -0.3 is 38.3 Å². The summed E-state index contributed by atoms with van der Waals surface area (Å²) in [6.45, 7) is 5.94. The van der Waals surface area contributed by atoms with Gasteiger partial charge in [-0.3, -0.25) is 4.79 Å². The smallest absolute Gasteiger partial charge is 0.343 e. The van der Waals surface area contributed by atoms with Crippen LogP contribution < -0.4 is 14.2 Å². The van der Waals surface area contributed by atoms with Gasteiger partial charge in [0.05, 0.1) is 45.0 Å². The van der Waals surface area contributed by atoms with Gasteiger partial charge in [-0.1, -0.05) is 30.8 Å². The summed E-state index contributed by atoms with van der Waals surface area (Å²) in [7, 11) is 0. The lowest BCUT2D eigenvalue weighted by molar-refractivity contribution is -0.143. The highest BCUT2D eigenvalue weighted by atomic mass is 35.5. The first-order valence-corrected chi connectivity index (χ1v) is 14.6. The van der Waals surface area contributed by atoms with Crippen LogP contribution in [0.25, 0.3) is 11.1 Å². The van der Waals surface area contributed by atoms with Crippen molar-refractivity contribution < 1.29 is 47.9 Å². The number of hydrogen-bond donors (Lipinski definition) is 1. The second kappa shape index (κ2) is 20.1. The number of esters is 2. The Hall–Kier alpha value is -3.93. The van der Waals surface area contributed by atoms with Gasteiger partial charge in [-0.25, -0.2) is 4.79 Å². The normalized spacial score (nSPS) is 11.4. The van der Waals surface area contributed by atoms with Crippen molar-refractivity contribution in [3.05, 3.63) is 91.0 Å². The molecule has 1 atom stereocenters. The average molecular weight is 629 g/mol. The summed E-state index contributed by atoms with van der Waals surface area (Å²) in [6, 6.07) is 21.4. The van der Waals surface area contributed by atoms with Crippen LogP contribution >= 0.6 is 11.6 Å². The van der Waals surface area contributed by atoms with Gasteiger partial charge in [-0.2, -0.15) is 0 Å². The Balaban J connectivity index is 1.32. The van der Waals surface area contributed by atoms with E-state index in [0.29, 0.717) is 55.8 Å². The van der Waals surface area contributed by atoms with Crippen molar-refractivity contribution in [3.8, 4) is 28.4 Å². The van der Waals surface area contributed by atoms with Crippen molar-refractivity contribution in [3.63, 3.8) is 0 Å². The first-order chi connectivity index (χ1) is 21.5. The average Bonchev–Trinajstić information content (AvgIpc) is 3.05. The summed E-state index contributed by atoms with van der Waals surface area (Å²) in [4.78, 5) is 23.9. The molecule has 0 spiro atoms. The molecule has 3 aromatic rings. The third-order valence-electron chi connectivity index (χ3n) is 5.84. The molecule has 0 radical (unpaired) electrons. The van der Waals surface area contributed by atoms with E-state index in [1.54, 1.807) is 36.4 Å². The molecule has 10 nitrogen and oxygen atoms in total. The largest absolute Gasteiger partial charge is 0.491 e. The van der Waals surface area contributed by atoms with Gasteiger partial charge in [-0.05, 0) is 65.7 Å². The maximum absolute atomic E-state index is 12.6. The predicted octanol–water partition coefficient (Wildman–Crippen LogP) is 5.06. The Morgan fingerprint density at radius 3 is 1.77 bits per heavy atom. The first kappa shape index (κ1) is 34.6. The molecular weight excluding hydrogens is 592 g/mol. The molecule has 0 aromatic heterocycles. The van der Waals surface area contributed by atoms with E-state index in [1.807, 2.05) is 36.4 Å². The van der Waals surface area contributed by atoms with Crippen molar-refractivity contribution in [1.82, 2.24) is 0 Å². The zero-order chi connectivity index (χ0) is 31.4. The van der Waals surface area contributed by atoms with E-state index in [2.05, 4.69) is 6.58 Å². The molecule has 44 heavy (non-hydrogen) atoms. The van der Waals surface area contributed by atoms with E-state index in [9.17, 15) is 9.59 Å². The summed E-state index contributed by atoms with van der Waals surface area (Å²) in [5.74, 6) is 1.08. The van der Waals surface area contributed by atoms with Crippen molar-refractivity contribution in [2.24, 2.45) is 0 Å². The first-order valence-electron chi connectivity index (χ1n) is 14.1. The molecule has 0 bridgehead atoms. The minimum Gasteiger partial charge on any atom is -0.491 e. The lowest BCUT2D eigenvalue weighted by Crippen LogP contribution is -2.15. The Bertz CT molecular complexity index is 1260. The highest BCUT2D eigenvalue weighted by molar-refractivity contribution is 6.18. The van der Waals surface area contributed by atoms with Crippen LogP contribution in [0.2, 0.25) is 0 Å². The van der Waals surface area contributed by atoms with E-state index in [4.69, 9.17) is 49.9 Å². The summed E-state index contributed by atoms with van der Waals surface area (Å²) in [5.41, 5.74) is 2.30. The number of hydrogen-bond acceptors (Lipinski definition) is 10. The molecule has 3 aromatic carbocycles. The lowest BCUT2D eigenvalue weighted by atomic mass is 10.1. The predicted molar refractivity (Wildman–Crippen MR) is 164 cm³/mol. The number of halogens is 1. The number of ether oxygens (including phenoxy) is 7. The molecule has 0 aliphatic heterocycles. The third-order valence-corrected chi connectivity index (χ3v) is 6.03. The van der Waals surface area contributed by atoms with Crippen LogP contribution in [-0.2, 0) is 23.7 Å². The second-order valence-electron chi connectivity index (χ2n) is 9.04. The standard InChI is InChI=1S/C33H37ClO10/c1-2-31(35)42-22-20-39-18-17-38-19-21-40-29-11-7-27(8-12-29)33(37)44-30-13-5-26(6-14-30)25-3-9-28(10-4-25)41-23-24-43-32(36)15-16-34/h2-14,31,35H,1,15-24H2. The van der Waals surface area contributed by atoms with E-state index in [0.717, 1.165) is 11.1 Å². The number of aliphatic hydroxyl groups is 1. The Kier molecular flexibility index (Phi) is 15.8. The van der Waals surface area contributed by atoms with Crippen molar-refractivity contribution in [1.29, 1.82) is 0 Å². The zero-order valence-corrected chi connectivity index (χ0v) is 25.1. The molecule has 0 saturated carbocycles. The van der Waals surface area contributed by atoms with E-state index in [-0.39, 0.29) is 38.1 Å². The van der Waals surface area contributed by atoms with Crippen LogP contribution in [0.4, 0.5) is 0 Å². The van der Waals surface area contributed by atoms with Crippen molar-refractivity contribution in [2.75, 3.05) is 58.7 Å². The third kappa shape index (κ3) is 13.2. The van der Waals surface area contributed by atoms with Crippen molar-refractivity contribution in [2.45, 2.75) is 12.7 Å². The summed E-state index contributed by atoms with van der Waals surface area (Å²) >= 11 is 5.50. The maximum atomic E-state index is 12.6. The molecule has 3 rings (SSSR count). The topological polar surface area (TPSA) is 119 Å². The molecule has 0 aliphatic carbocycles. The molecular formula is C33H37ClO10. The number of carbonyl (C=O) groups excluding carboxylic acids is 2. The molecule has 11 heteroatoms. The minimum atomic E-state index is -0.983. The molecule has 1 unspecified atom stereocenters. The fourth-order valence-corrected chi connectivity index (χ4v) is 3.77. The van der Waals surface area contributed by atoms with Crippen LogP contribution in [0.3, 0.4) is 0 Å². The van der Waals surface area contributed by atoms with E-state index in [1.165, 1.54) is 6.08 Å². The summed E-state index contributed by atoms with van der Waals surface area (Å²) < 4.78 is 37.5. The maximum Gasteiger partial charge on any atom is 0.343 e. The van der Waals surface area contributed by atoms with E-state index < -0.39 is 12.3 Å². The molecule has 0 fully saturated rings. The Morgan fingerprint density at radius 2 is 1.20 bits per heavy atom. The van der Waals surface area contributed by atoms with Gasteiger partial charge in [0.25, 0.3) is 0 Å². The minimum absolute atomic E-state index is 0.158. The molecule has 0 saturated heterocycles. The Labute approximate surface area is 262 Å². The van der Waals surface area contributed by atoms with Crippen LogP contribution in [0.5, 0.6) is 17.2 Å². The molecule has 236 valence electrons. The van der Waals surface area contributed by atoms with Crippen molar-refractivity contribution >= 4 is 23.5 Å². The van der Waals surface area contributed by atoms with E-state index >= 15 is 0 Å². The highest BCUT2D eigenvalue weighted by Crippen LogP contribution is 2.25. The fraction of sp³-hybridized carbons (Fsp3) is 0.333. The molecule has 0 heterocycles. The fourth-order valence-electron chi connectivity index (χ4n) is 3.61. The van der Waals surface area contributed by atoms with Gasteiger partial charge in [0, 0.05) is 5.88 Å². The number of aliphatic hydroxyl groups excluding tert-OH is 1. The van der Waals surface area contributed by atoms with Crippen LogP contribution in [0.1, 0.15) is 16.8 Å². The van der Waals surface area contributed by atoms with Gasteiger partial charge in [0.2, 0.25) is 0 Å². The summed E-state index contributed by atoms with van der Waals surface area (Å²) in [5, 5.41) is 9.17. The second-order valence-corrected chi connectivity index (χ2v) is 9.42. The van der Waals surface area contributed by atoms with Gasteiger partial charge in [0.15, 0.2) is 6.29 Å². The van der Waals surface area contributed by atoms with Crippen LogP contribution in [0, 0.1) is 0 Å². The SMILES string of the molecule is C=CC(O)OCCOCCOCCOc1ccc(C(=O)Oc2ccc(-c3ccc(OCCOC(=O)CCCl)cc3)cc2)cc1. The van der Waals surface area contributed by atoms with Gasteiger partial charge in [0.1, 0.15) is 37.1 Å². The molecule has 1 N–H and O–H groups in total. The van der Waals surface area contributed by atoms with Crippen LogP contribution in [-0.4, -0.2) is 82.1 Å². The van der Waals surface area contributed by atoms with Gasteiger partial charge in [-0.15, -0.1) is 11.6 Å². The van der Waals surface area contributed by atoms with Gasteiger partial charge >= 0.3 is 11.9 Å². The lowest BCUT2D eigenvalue weighted by Gasteiger charge is -2.10. The number of benzene rings is 3.